The molecule has 0 saturated carbocycles. The molecule has 12 heteroatoms. The van der Waals surface area contributed by atoms with Gasteiger partial charge in [0.25, 0.3) is 11.6 Å². The minimum absolute atomic E-state index is 0.0102. The van der Waals surface area contributed by atoms with Gasteiger partial charge in [-0.3, -0.25) is 19.1 Å². The molecule has 4 aromatic rings. The molecule has 0 radical (unpaired) electrons. The number of pyridine rings is 1. The summed E-state index contributed by atoms with van der Waals surface area (Å²) in [7, 11) is 0. The number of anilines is 3. The van der Waals surface area contributed by atoms with Crippen LogP contribution in [-0.4, -0.2) is 40.0 Å². The highest BCUT2D eigenvalue weighted by Crippen LogP contribution is 2.35. The summed E-state index contributed by atoms with van der Waals surface area (Å²) < 4.78 is 47.9. The lowest BCUT2D eigenvalue weighted by molar-refractivity contribution is -0.137. The average molecular weight is 549 g/mol. The molecular formula is C28H23F3N6O3. The van der Waals surface area contributed by atoms with Crippen molar-refractivity contribution in [3.63, 3.8) is 0 Å². The van der Waals surface area contributed by atoms with Crippen LogP contribution in [0, 0.1) is 11.3 Å². The van der Waals surface area contributed by atoms with Crippen molar-refractivity contribution >= 4 is 23.3 Å². The van der Waals surface area contributed by atoms with Crippen LogP contribution in [0.15, 0.2) is 76.2 Å². The number of hydrogen-bond acceptors (Lipinski definition) is 7. The van der Waals surface area contributed by atoms with E-state index >= 15 is 0 Å². The zero-order valence-corrected chi connectivity index (χ0v) is 21.0. The van der Waals surface area contributed by atoms with E-state index in [9.17, 15) is 28.0 Å². The Kier molecular flexibility index (Phi) is 7.39. The minimum atomic E-state index is -4.65. The molecule has 0 aliphatic carbocycles. The summed E-state index contributed by atoms with van der Waals surface area (Å²) in [6.07, 6.45) is 0.218. The molecule has 5 rings (SSSR count). The van der Waals surface area contributed by atoms with Crippen molar-refractivity contribution < 1.29 is 22.4 Å². The summed E-state index contributed by atoms with van der Waals surface area (Å²) in [4.78, 5) is 30.8. The quantitative estimate of drug-likeness (QED) is 0.328. The molecule has 1 fully saturated rings. The van der Waals surface area contributed by atoms with Crippen molar-refractivity contribution in [1.82, 2.24) is 14.5 Å². The van der Waals surface area contributed by atoms with Gasteiger partial charge in [0.05, 0.1) is 29.6 Å². The highest BCUT2D eigenvalue weighted by molar-refractivity contribution is 5.93. The van der Waals surface area contributed by atoms with Crippen molar-refractivity contribution in [3.05, 3.63) is 88.5 Å². The van der Waals surface area contributed by atoms with Crippen LogP contribution in [-0.2, 0) is 11.0 Å². The molecule has 2 aromatic carbocycles. The monoisotopic (exact) mass is 548 g/mol. The molecule has 1 aliphatic rings. The van der Waals surface area contributed by atoms with E-state index in [-0.39, 0.29) is 40.8 Å². The first-order valence-corrected chi connectivity index (χ1v) is 12.4. The molecule has 9 nitrogen and oxygen atoms in total. The third-order valence-electron chi connectivity index (χ3n) is 6.35. The van der Waals surface area contributed by atoms with Crippen LogP contribution in [0.25, 0.3) is 17.0 Å². The van der Waals surface area contributed by atoms with E-state index in [4.69, 9.17) is 4.42 Å². The Morgan fingerprint density at radius 2 is 1.85 bits per heavy atom. The maximum absolute atomic E-state index is 13.6. The third kappa shape index (κ3) is 6.05. The van der Waals surface area contributed by atoms with Gasteiger partial charge in [-0.25, -0.2) is 4.98 Å². The Hall–Kier alpha value is -4.89. The van der Waals surface area contributed by atoms with Crippen molar-refractivity contribution in [2.75, 3.05) is 30.3 Å². The molecule has 3 heterocycles. The second-order valence-electron chi connectivity index (χ2n) is 9.24. The van der Waals surface area contributed by atoms with Crippen molar-refractivity contribution in [2.45, 2.75) is 19.0 Å². The lowest BCUT2D eigenvalue weighted by Crippen LogP contribution is -2.31. The fourth-order valence-electron chi connectivity index (χ4n) is 4.47. The Morgan fingerprint density at radius 3 is 2.58 bits per heavy atom. The highest BCUT2D eigenvalue weighted by atomic mass is 19.4. The van der Waals surface area contributed by atoms with Crippen LogP contribution in [0.5, 0.6) is 0 Å². The summed E-state index contributed by atoms with van der Waals surface area (Å²) in [6, 6.07) is 14.4. The first-order chi connectivity index (χ1) is 19.2. The van der Waals surface area contributed by atoms with Gasteiger partial charge in [0.2, 0.25) is 5.91 Å². The minimum Gasteiger partial charge on any atom is -0.423 e. The maximum atomic E-state index is 13.6. The van der Waals surface area contributed by atoms with E-state index in [0.29, 0.717) is 11.3 Å². The van der Waals surface area contributed by atoms with Crippen LogP contribution >= 0.6 is 0 Å². The molecule has 0 spiro atoms. The first-order valence-electron chi connectivity index (χ1n) is 12.4. The Morgan fingerprint density at radius 1 is 1.07 bits per heavy atom. The van der Waals surface area contributed by atoms with Crippen molar-refractivity contribution in [3.8, 4) is 23.1 Å². The van der Waals surface area contributed by atoms with E-state index in [1.165, 1.54) is 35.2 Å². The fraction of sp³-hybridized carbons (Fsp3) is 0.214. The number of nitrogens with zero attached hydrogens (tertiary/aromatic N) is 4. The molecule has 204 valence electrons. The number of carbonyl (C=O) groups is 1. The Bertz CT molecular complexity index is 1650. The number of oxazole rings is 1. The highest BCUT2D eigenvalue weighted by Gasteiger charge is 2.31. The molecule has 40 heavy (non-hydrogen) atoms. The van der Waals surface area contributed by atoms with Crippen molar-refractivity contribution in [1.29, 1.82) is 5.26 Å². The number of likely N-dealkylation sites (tertiary alicyclic amines) is 1. The van der Waals surface area contributed by atoms with Gasteiger partial charge in [-0.2, -0.15) is 18.4 Å². The molecule has 2 N–H and O–H groups in total. The third-order valence-corrected chi connectivity index (χ3v) is 6.35. The summed E-state index contributed by atoms with van der Waals surface area (Å²) >= 11 is 0. The van der Waals surface area contributed by atoms with Crippen LogP contribution in [0.3, 0.4) is 0 Å². The molecule has 0 bridgehead atoms. The smallest absolute Gasteiger partial charge is 0.416 e. The topological polar surface area (TPSA) is 116 Å². The maximum Gasteiger partial charge on any atom is 0.416 e. The summed E-state index contributed by atoms with van der Waals surface area (Å²) in [5.74, 6) is -0.150. The molecule has 1 saturated heterocycles. The number of nitriles is 1. The second-order valence-corrected chi connectivity index (χ2v) is 9.24. The van der Waals surface area contributed by atoms with Gasteiger partial charge in [-0.15, -0.1) is 0 Å². The number of rotatable bonds is 7. The van der Waals surface area contributed by atoms with Gasteiger partial charge < -0.3 is 15.1 Å². The molecular weight excluding hydrogens is 525 g/mol. The number of nitrogens with one attached hydrogen (secondary N) is 2. The van der Waals surface area contributed by atoms with E-state index in [1.807, 2.05) is 4.90 Å². The van der Waals surface area contributed by atoms with E-state index in [0.717, 1.165) is 38.1 Å². The summed E-state index contributed by atoms with van der Waals surface area (Å²) in [6.45, 7) is 1.65. The molecule has 0 atom stereocenters. The Labute approximate surface area is 226 Å². The lowest BCUT2D eigenvalue weighted by atomic mass is 10.1. The summed E-state index contributed by atoms with van der Waals surface area (Å²) in [5.41, 5.74) is -0.199. The van der Waals surface area contributed by atoms with Crippen LogP contribution < -0.4 is 16.2 Å². The van der Waals surface area contributed by atoms with Gasteiger partial charge in [-0.1, -0.05) is 6.07 Å². The predicted molar refractivity (Wildman–Crippen MR) is 141 cm³/mol. The molecule has 1 aliphatic heterocycles. The molecule has 0 unspecified atom stereocenters. The normalized spacial score (nSPS) is 13.7. The van der Waals surface area contributed by atoms with Gasteiger partial charge in [-0.05, 0) is 68.4 Å². The van der Waals surface area contributed by atoms with Crippen molar-refractivity contribution in [2.24, 2.45) is 0 Å². The number of aromatic nitrogens is 2. The zero-order chi connectivity index (χ0) is 28.3. The Balaban J connectivity index is 1.40. The standard InChI is InChI=1S/C28H23F3N6O3/c29-28(30,31)20-12-21(34-25(38)17-36-8-3-4-9-36)14-22(13-20)35-27-33-16-24(40-27)18-6-7-19(15-32)23(11-18)37-10-2-1-5-26(37)39/h1-2,5-7,10-14,16H,3-4,8-9,17H2,(H,33,35)(H,34,38). The van der Waals surface area contributed by atoms with E-state index < -0.39 is 17.6 Å². The summed E-state index contributed by atoms with van der Waals surface area (Å²) in [5, 5.41) is 14.8. The number of alkyl halides is 3. The fourth-order valence-corrected chi connectivity index (χ4v) is 4.47. The second kappa shape index (κ2) is 11.1. The number of carbonyl (C=O) groups excluding carboxylic acids is 1. The lowest BCUT2D eigenvalue weighted by Gasteiger charge is -2.16. The number of amides is 1. The average Bonchev–Trinajstić information content (AvgIpc) is 3.60. The van der Waals surface area contributed by atoms with Crippen LogP contribution in [0.1, 0.15) is 24.0 Å². The van der Waals surface area contributed by atoms with Gasteiger partial charge in [0, 0.05) is 29.2 Å². The number of hydrogen-bond donors (Lipinski definition) is 2. The number of halogens is 3. The van der Waals surface area contributed by atoms with Gasteiger partial charge in [0.15, 0.2) is 5.76 Å². The van der Waals surface area contributed by atoms with Gasteiger partial charge in [0.1, 0.15) is 6.07 Å². The van der Waals surface area contributed by atoms with Gasteiger partial charge >= 0.3 is 6.18 Å². The van der Waals surface area contributed by atoms with Crippen LogP contribution in [0.2, 0.25) is 0 Å². The largest absolute Gasteiger partial charge is 0.423 e. The van der Waals surface area contributed by atoms with E-state index in [1.54, 1.807) is 24.3 Å². The SMILES string of the molecule is N#Cc1ccc(-c2cnc(Nc3cc(NC(=O)CN4CCCC4)cc(C(F)(F)F)c3)o2)cc1-n1ccccc1=O. The molecule has 2 aromatic heterocycles. The first kappa shape index (κ1) is 26.7. The zero-order valence-electron chi connectivity index (χ0n) is 21.0. The predicted octanol–water partition coefficient (Wildman–Crippen LogP) is 5.16. The number of benzene rings is 2. The van der Waals surface area contributed by atoms with E-state index in [2.05, 4.69) is 21.7 Å². The van der Waals surface area contributed by atoms with Crippen LogP contribution in [0.4, 0.5) is 30.6 Å². The molecule has 1 amide bonds.